The first kappa shape index (κ1) is 19.5. The second-order valence-electron chi connectivity index (χ2n) is 6.69. The Morgan fingerprint density at radius 2 is 2.00 bits per heavy atom. The molecule has 2 aromatic rings. The Morgan fingerprint density at radius 3 is 2.67 bits per heavy atom. The van der Waals surface area contributed by atoms with Gasteiger partial charge in [0.15, 0.2) is 0 Å². The van der Waals surface area contributed by atoms with Crippen molar-refractivity contribution in [2.24, 2.45) is 0 Å². The molecule has 1 aliphatic carbocycles. The number of methoxy groups -OCH3 is 2. The normalized spacial score (nSPS) is 13.5. The van der Waals surface area contributed by atoms with E-state index in [0.717, 1.165) is 29.3 Å². The molecule has 0 saturated heterocycles. The third-order valence-corrected chi connectivity index (χ3v) is 4.90. The zero-order valence-corrected chi connectivity index (χ0v) is 16.5. The molecule has 1 amide bonds. The fourth-order valence-corrected chi connectivity index (χ4v) is 3.26. The Morgan fingerprint density at radius 1 is 1.19 bits per heavy atom. The number of carbonyl (C=O) groups is 1. The molecule has 6 heteroatoms. The van der Waals surface area contributed by atoms with E-state index in [2.05, 4.69) is 10.2 Å². The Kier molecular flexibility index (Phi) is 6.58. The molecule has 0 unspecified atom stereocenters. The maximum absolute atomic E-state index is 12.3. The summed E-state index contributed by atoms with van der Waals surface area (Å²) in [6.07, 6.45) is 2.78. The van der Waals surface area contributed by atoms with E-state index in [1.165, 1.54) is 12.8 Å². The molecule has 0 atom stereocenters. The van der Waals surface area contributed by atoms with E-state index < -0.39 is 0 Å². The smallest absolute Gasteiger partial charge is 0.225 e. The number of ether oxygens (including phenoxy) is 2. The van der Waals surface area contributed by atoms with E-state index >= 15 is 0 Å². The highest BCUT2D eigenvalue weighted by Gasteiger charge is 2.29. The number of hydrogen-bond donors (Lipinski definition) is 1. The van der Waals surface area contributed by atoms with E-state index in [0.29, 0.717) is 24.0 Å². The van der Waals surface area contributed by atoms with Crippen LogP contribution in [0, 0.1) is 0 Å². The minimum atomic E-state index is -0.00962. The highest BCUT2D eigenvalue weighted by Crippen LogP contribution is 2.32. The number of anilines is 1. The average Bonchev–Trinajstić information content (AvgIpc) is 3.50. The SMILES string of the molecule is COc1ccc(CN(CCC(=O)Nc2cccc(Cl)c2)C2CC2)c(OC)c1. The lowest BCUT2D eigenvalue weighted by molar-refractivity contribution is -0.116. The van der Waals surface area contributed by atoms with E-state index in [1.807, 2.05) is 30.3 Å². The van der Waals surface area contributed by atoms with Crippen molar-refractivity contribution in [3.63, 3.8) is 0 Å². The number of hydrogen-bond acceptors (Lipinski definition) is 4. The van der Waals surface area contributed by atoms with Gasteiger partial charge in [-0.3, -0.25) is 9.69 Å². The molecule has 0 aromatic heterocycles. The standard InChI is InChI=1S/C21H25ClN2O3/c1-26-19-9-6-15(20(13-19)27-2)14-24(18-7-8-18)11-10-21(25)23-17-5-3-4-16(22)12-17/h3-6,9,12-13,18H,7-8,10-11,14H2,1-2H3,(H,23,25). The van der Waals surface area contributed by atoms with Crippen LogP contribution in [0.5, 0.6) is 11.5 Å². The van der Waals surface area contributed by atoms with Crippen LogP contribution in [0.15, 0.2) is 42.5 Å². The minimum Gasteiger partial charge on any atom is -0.497 e. The minimum absolute atomic E-state index is 0.00962. The molecule has 0 bridgehead atoms. The summed E-state index contributed by atoms with van der Waals surface area (Å²) >= 11 is 5.97. The lowest BCUT2D eigenvalue weighted by Crippen LogP contribution is -2.29. The molecule has 5 nitrogen and oxygen atoms in total. The van der Waals surface area contributed by atoms with Crippen LogP contribution < -0.4 is 14.8 Å². The number of amides is 1. The molecule has 0 aliphatic heterocycles. The van der Waals surface area contributed by atoms with Gasteiger partial charge in [-0.15, -0.1) is 0 Å². The second-order valence-corrected chi connectivity index (χ2v) is 7.12. The van der Waals surface area contributed by atoms with E-state index in [1.54, 1.807) is 26.4 Å². The molecule has 0 spiro atoms. The maximum atomic E-state index is 12.3. The van der Waals surface area contributed by atoms with Crippen LogP contribution in [0.3, 0.4) is 0 Å². The fraction of sp³-hybridized carbons (Fsp3) is 0.381. The zero-order chi connectivity index (χ0) is 19.2. The van der Waals surface area contributed by atoms with Crippen molar-refractivity contribution in [3.05, 3.63) is 53.1 Å². The quantitative estimate of drug-likeness (QED) is 0.693. The number of nitrogens with one attached hydrogen (secondary N) is 1. The van der Waals surface area contributed by atoms with Gasteiger partial charge in [-0.2, -0.15) is 0 Å². The third kappa shape index (κ3) is 5.62. The molecule has 2 aromatic carbocycles. The Labute approximate surface area is 165 Å². The number of nitrogens with zero attached hydrogens (tertiary/aromatic N) is 1. The molecule has 1 N–H and O–H groups in total. The molecule has 1 fully saturated rings. The van der Waals surface area contributed by atoms with Gasteiger partial charge in [-0.1, -0.05) is 23.7 Å². The zero-order valence-electron chi connectivity index (χ0n) is 15.7. The molecular weight excluding hydrogens is 364 g/mol. The summed E-state index contributed by atoms with van der Waals surface area (Å²) in [4.78, 5) is 14.7. The van der Waals surface area contributed by atoms with E-state index in [4.69, 9.17) is 21.1 Å². The summed E-state index contributed by atoms with van der Waals surface area (Å²) < 4.78 is 10.8. The van der Waals surface area contributed by atoms with Crippen LogP contribution in [0.1, 0.15) is 24.8 Å². The molecular formula is C21H25ClN2O3. The van der Waals surface area contributed by atoms with Crippen LogP contribution in [-0.2, 0) is 11.3 Å². The van der Waals surface area contributed by atoms with Crippen molar-refractivity contribution in [2.75, 3.05) is 26.1 Å². The van der Waals surface area contributed by atoms with Gasteiger partial charge >= 0.3 is 0 Å². The van der Waals surface area contributed by atoms with Crippen molar-refractivity contribution in [1.82, 2.24) is 4.90 Å². The number of rotatable bonds is 9. The highest BCUT2D eigenvalue weighted by molar-refractivity contribution is 6.30. The van der Waals surface area contributed by atoms with Crippen molar-refractivity contribution in [1.29, 1.82) is 0 Å². The first-order valence-electron chi connectivity index (χ1n) is 9.09. The van der Waals surface area contributed by atoms with Gasteiger partial charge in [0.2, 0.25) is 5.91 Å². The fourth-order valence-electron chi connectivity index (χ4n) is 3.07. The summed E-state index contributed by atoms with van der Waals surface area (Å²) in [5, 5.41) is 3.52. The Hall–Kier alpha value is -2.24. The summed E-state index contributed by atoms with van der Waals surface area (Å²) in [5.41, 5.74) is 1.82. The molecule has 27 heavy (non-hydrogen) atoms. The predicted molar refractivity (Wildman–Crippen MR) is 108 cm³/mol. The van der Waals surface area contributed by atoms with Gasteiger partial charge < -0.3 is 14.8 Å². The molecule has 1 aliphatic rings. The first-order valence-corrected chi connectivity index (χ1v) is 9.47. The highest BCUT2D eigenvalue weighted by atomic mass is 35.5. The van der Waals surface area contributed by atoms with Gasteiger partial charge in [0.05, 0.1) is 14.2 Å². The summed E-state index contributed by atoms with van der Waals surface area (Å²) in [6, 6.07) is 13.6. The monoisotopic (exact) mass is 388 g/mol. The van der Waals surface area contributed by atoms with Crippen LogP contribution in [0.4, 0.5) is 5.69 Å². The molecule has 0 heterocycles. The molecule has 1 saturated carbocycles. The maximum Gasteiger partial charge on any atom is 0.225 e. The van der Waals surface area contributed by atoms with E-state index in [9.17, 15) is 4.79 Å². The lowest BCUT2D eigenvalue weighted by atomic mass is 10.1. The van der Waals surface area contributed by atoms with Crippen molar-refractivity contribution >= 4 is 23.2 Å². The van der Waals surface area contributed by atoms with Crippen LogP contribution >= 0.6 is 11.6 Å². The Bertz CT molecular complexity index is 793. The lowest BCUT2D eigenvalue weighted by Gasteiger charge is -2.23. The van der Waals surface area contributed by atoms with Crippen molar-refractivity contribution < 1.29 is 14.3 Å². The predicted octanol–water partition coefficient (Wildman–Crippen LogP) is 4.35. The second kappa shape index (κ2) is 9.11. The summed E-state index contributed by atoms with van der Waals surface area (Å²) in [5.74, 6) is 1.57. The number of benzene rings is 2. The van der Waals surface area contributed by atoms with Crippen LogP contribution in [0.2, 0.25) is 5.02 Å². The van der Waals surface area contributed by atoms with E-state index in [-0.39, 0.29) is 5.91 Å². The van der Waals surface area contributed by atoms with Gasteiger partial charge in [0, 0.05) is 47.9 Å². The molecule has 144 valence electrons. The van der Waals surface area contributed by atoms with Gasteiger partial charge in [-0.25, -0.2) is 0 Å². The van der Waals surface area contributed by atoms with Crippen molar-refractivity contribution in [3.8, 4) is 11.5 Å². The first-order chi connectivity index (χ1) is 13.1. The van der Waals surface area contributed by atoms with Crippen LogP contribution in [0.25, 0.3) is 0 Å². The molecule has 0 radical (unpaired) electrons. The topological polar surface area (TPSA) is 50.8 Å². The average molecular weight is 389 g/mol. The summed E-state index contributed by atoms with van der Waals surface area (Å²) in [7, 11) is 3.31. The van der Waals surface area contributed by atoms with Crippen molar-refractivity contribution in [2.45, 2.75) is 31.8 Å². The van der Waals surface area contributed by atoms with Gasteiger partial charge in [0.25, 0.3) is 0 Å². The van der Waals surface area contributed by atoms with Crippen LogP contribution in [-0.4, -0.2) is 37.6 Å². The van der Waals surface area contributed by atoms with Gasteiger partial charge in [0.1, 0.15) is 11.5 Å². The Balaban J connectivity index is 1.59. The largest absolute Gasteiger partial charge is 0.497 e. The number of carbonyl (C=O) groups excluding carboxylic acids is 1. The number of halogens is 1. The third-order valence-electron chi connectivity index (χ3n) is 4.67. The molecule has 3 rings (SSSR count). The van der Waals surface area contributed by atoms with Gasteiger partial charge in [-0.05, 0) is 37.1 Å². The summed E-state index contributed by atoms with van der Waals surface area (Å²) in [6.45, 7) is 1.45.